The van der Waals surface area contributed by atoms with Crippen LogP contribution in [-0.4, -0.2) is 26.4 Å². The Morgan fingerprint density at radius 3 is 2.91 bits per heavy atom. The van der Waals surface area contributed by atoms with E-state index in [1.54, 1.807) is 22.7 Å². The molecule has 3 heterocycles. The second kappa shape index (κ2) is 10.2. The van der Waals surface area contributed by atoms with Crippen LogP contribution in [0.3, 0.4) is 0 Å². The number of nitriles is 1. The van der Waals surface area contributed by atoms with Crippen molar-refractivity contribution in [3.05, 3.63) is 32.3 Å². The number of hydrogen-bond donors (Lipinski definition) is 1. The van der Waals surface area contributed by atoms with Gasteiger partial charge in [0.25, 0.3) is 0 Å². The smallest absolute Gasteiger partial charge is 0.235 e. The lowest BCUT2D eigenvalue weighted by Crippen LogP contribution is -2.15. The highest BCUT2D eigenvalue weighted by Gasteiger charge is 2.26. The third-order valence-corrected chi connectivity index (χ3v) is 9.15. The molecule has 3 aromatic rings. The molecule has 0 aromatic carbocycles. The Balaban J connectivity index is 1.44. The molecule has 0 fully saturated rings. The summed E-state index contributed by atoms with van der Waals surface area (Å²) in [7, 11) is 0. The van der Waals surface area contributed by atoms with Crippen molar-refractivity contribution >= 4 is 45.3 Å². The van der Waals surface area contributed by atoms with Crippen LogP contribution in [0.5, 0.6) is 0 Å². The average molecular weight is 486 g/mol. The number of rotatable bonds is 8. The van der Waals surface area contributed by atoms with Crippen LogP contribution in [0.4, 0.5) is 5.00 Å². The van der Waals surface area contributed by atoms with Crippen molar-refractivity contribution in [3.63, 3.8) is 0 Å². The van der Waals surface area contributed by atoms with Crippen LogP contribution in [0.2, 0.25) is 0 Å². The summed E-state index contributed by atoms with van der Waals surface area (Å²) >= 11 is 4.69. The van der Waals surface area contributed by atoms with Crippen molar-refractivity contribution in [1.29, 1.82) is 5.26 Å². The number of carbonyl (C=O) groups excluding carboxylic acids is 1. The van der Waals surface area contributed by atoms with Crippen LogP contribution in [0.1, 0.15) is 54.5 Å². The number of fused-ring (bicyclic) bond motifs is 1. The highest BCUT2D eigenvalue weighted by molar-refractivity contribution is 7.99. The Bertz CT molecular complexity index is 1150. The van der Waals surface area contributed by atoms with Gasteiger partial charge in [0.05, 0.1) is 11.3 Å². The summed E-state index contributed by atoms with van der Waals surface area (Å²) in [4.78, 5) is 15.3. The summed E-state index contributed by atoms with van der Waals surface area (Å²) in [5.74, 6) is 1.63. The molecule has 1 amide bonds. The van der Waals surface area contributed by atoms with Gasteiger partial charge in [0.15, 0.2) is 11.0 Å². The van der Waals surface area contributed by atoms with E-state index in [4.69, 9.17) is 0 Å². The van der Waals surface area contributed by atoms with Crippen LogP contribution >= 0.6 is 34.4 Å². The molecule has 0 radical (unpaired) electrons. The first-order valence-electron chi connectivity index (χ1n) is 11.1. The molecule has 32 heavy (non-hydrogen) atoms. The lowest BCUT2D eigenvalue weighted by atomic mass is 9.86. The molecule has 1 N–H and O–H groups in total. The summed E-state index contributed by atoms with van der Waals surface area (Å²) in [5.41, 5.74) is 2.87. The van der Waals surface area contributed by atoms with E-state index in [0.717, 1.165) is 60.8 Å². The second-order valence-electron chi connectivity index (χ2n) is 7.88. The number of hydrogen-bond acceptors (Lipinski definition) is 7. The molecular weight excluding hydrogens is 458 g/mol. The lowest BCUT2D eigenvalue weighted by molar-refractivity contribution is -0.113. The van der Waals surface area contributed by atoms with E-state index in [0.29, 0.717) is 16.5 Å². The van der Waals surface area contributed by atoms with Crippen molar-refractivity contribution in [2.45, 2.75) is 64.6 Å². The minimum atomic E-state index is -0.117. The molecule has 1 unspecified atom stereocenters. The SMILES string of the molecule is CCc1cc(-c2nnc(SCC(=O)Nc3sc4c(c3C#N)CCC(CC)C4)n2CC)cs1. The molecule has 0 bridgehead atoms. The molecule has 0 spiro atoms. The largest absolute Gasteiger partial charge is 0.316 e. The highest BCUT2D eigenvalue weighted by atomic mass is 32.2. The first kappa shape index (κ1) is 23.0. The predicted octanol–water partition coefficient (Wildman–Crippen LogP) is 5.77. The number of aryl methyl sites for hydroxylation is 1. The maximum Gasteiger partial charge on any atom is 0.235 e. The zero-order valence-corrected chi connectivity index (χ0v) is 21.1. The van der Waals surface area contributed by atoms with Crippen molar-refractivity contribution in [2.75, 3.05) is 11.1 Å². The van der Waals surface area contributed by atoms with Gasteiger partial charge >= 0.3 is 0 Å². The number of amides is 1. The van der Waals surface area contributed by atoms with Crippen molar-refractivity contribution in [2.24, 2.45) is 5.92 Å². The number of anilines is 1. The molecule has 168 valence electrons. The quantitative estimate of drug-likeness (QED) is 0.410. The molecular formula is C23H27N5OS3. The lowest BCUT2D eigenvalue weighted by Gasteiger charge is -2.20. The van der Waals surface area contributed by atoms with E-state index in [9.17, 15) is 10.1 Å². The monoisotopic (exact) mass is 485 g/mol. The molecule has 4 rings (SSSR count). The first-order valence-corrected chi connectivity index (χ1v) is 13.7. The van der Waals surface area contributed by atoms with E-state index in [1.807, 2.05) is 0 Å². The Kier molecular flexibility index (Phi) is 7.33. The van der Waals surface area contributed by atoms with Gasteiger partial charge in [-0.05, 0) is 50.2 Å². The molecule has 0 saturated heterocycles. The van der Waals surface area contributed by atoms with E-state index in [2.05, 4.69) is 58.4 Å². The van der Waals surface area contributed by atoms with Gasteiger partial charge in [0, 0.05) is 27.2 Å². The van der Waals surface area contributed by atoms with E-state index >= 15 is 0 Å². The summed E-state index contributed by atoms with van der Waals surface area (Å²) in [6.45, 7) is 7.15. The summed E-state index contributed by atoms with van der Waals surface area (Å²) in [6, 6.07) is 4.49. The Labute approximate surface area is 201 Å². The predicted molar refractivity (Wildman–Crippen MR) is 133 cm³/mol. The Morgan fingerprint density at radius 1 is 1.38 bits per heavy atom. The maximum absolute atomic E-state index is 12.7. The van der Waals surface area contributed by atoms with Crippen LogP contribution in [0.25, 0.3) is 11.4 Å². The van der Waals surface area contributed by atoms with Gasteiger partial charge in [0.1, 0.15) is 11.1 Å². The minimum Gasteiger partial charge on any atom is -0.316 e. The summed E-state index contributed by atoms with van der Waals surface area (Å²) in [6.07, 6.45) is 5.23. The van der Waals surface area contributed by atoms with Crippen molar-refractivity contribution in [3.8, 4) is 17.5 Å². The fourth-order valence-corrected chi connectivity index (χ4v) is 7.02. The number of carbonyl (C=O) groups is 1. The van der Waals surface area contributed by atoms with E-state index in [1.165, 1.54) is 21.5 Å². The summed E-state index contributed by atoms with van der Waals surface area (Å²) < 4.78 is 2.05. The zero-order chi connectivity index (χ0) is 22.7. The van der Waals surface area contributed by atoms with Gasteiger partial charge in [-0.2, -0.15) is 5.26 Å². The van der Waals surface area contributed by atoms with Crippen molar-refractivity contribution < 1.29 is 4.79 Å². The van der Waals surface area contributed by atoms with Gasteiger partial charge in [-0.25, -0.2) is 0 Å². The fraction of sp³-hybridized carbons (Fsp3) is 0.478. The molecule has 1 aliphatic rings. The van der Waals surface area contributed by atoms with Crippen molar-refractivity contribution in [1.82, 2.24) is 14.8 Å². The molecule has 9 heteroatoms. The van der Waals surface area contributed by atoms with Gasteiger partial charge in [-0.15, -0.1) is 32.9 Å². The molecule has 0 aliphatic heterocycles. The number of thioether (sulfide) groups is 1. The molecule has 0 saturated carbocycles. The van der Waals surface area contributed by atoms with Crippen LogP contribution in [-0.2, 0) is 30.6 Å². The second-order valence-corrected chi connectivity index (χ2v) is 10.9. The minimum absolute atomic E-state index is 0.117. The van der Waals surface area contributed by atoms with Crippen LogP contribution < -0.4 is 5.32 Å². The van der Waals surface area contributed by atoms with Gasteiger partial charge in [-0.3, -0.25) is 4.79 Å². The average Bonchev–Trinajstić information content (AvgIpc) is 3.52. The van der Waals surface area contributed by atoms with Crippen LogP contribution in [0, 0.1) is 17.2 Å². The number of thiophene rings is 2. The van der Waals surface area contributed by atoms with Gasteiger partial charge in [0.2, 0.25) is 5.91 Å². The number of nitrogens with one attached hydrogen (secondary N) is 1. The molecule has 3 aromatic heterocycles. The number of aromatic nitrogens is 3. The standard InChI is InChI=1S/C23H27N5OS3/c1-4-14-7-8-17-18(11-24)22(32-19(17)9-14)25-20(29)13-31-23-27-26-21(28(23)6-3)15-10-16(5-2)30-12-15/h10,12,14H,4-9,13H2,1-3H3,(H,25,29). The number of nitrogens with zero attached hydrogens (tertiary/aromatic N) is 4. The molecule has 1 aliphatic carbocycles. The molecule has 6 nitrogen and oxygen atoms in total. The molecule has 1 atom stereocenters. The topological polar surface area (TPSA) is 83.6 Å². The van der Waals surface area contributed by atoms with Crippen LogP contribution in [0.15, 0.2) is 16.6 Å². The Hall–Kier alpha value is -2.15. The summed E-state index contributed by atoms with van der Waals surface area (Å²) in [5, 5.41) is 24.9. The van der Waals surface area contributed by atoms with E-state index < -0.39 is 0 Å². The zero-order valence-electron chi connectivity index (χ0n) is 18.6. The van der Waals surface area contributed by atoms with Gasteiger partial charge < -0.3 is 9.88 Å². The fourth-order valence-electron chi connectivity index (χ4n) is 4.08. The van der Waals surface area contributed by atoms with E-state index in [-0.39, 0.29) is 11.7 Å². The normalized spacial score (nSPS) is 15.4. The first-order chi connectivity index (χ1) is 15.6. The third-order valence-electron chi connectivity index (χ3n) is 5.94. The Morgan fingerprint density at radius 2 is 2.22 bits per heavy atom. The van der Waals surface area contributed by atoms with Gasteiger partial charge in [-0.1, -0.05) is 32.0 Å². The highest BCUT2D eigenvalue weighted by Crippen LogP contribution is 2.40. The third kappa shape index (κ3) is 4.63. The maximum atomic E-state index is 12.7.